The van der Waals surface area contributed by atoms with E-state index in [0.29, 0.717) is 24.8 Å². The molecule has 9 heteroatoms. The molecule has 8 nitrogen and oxygen atoms in total. The van der Waals surface area contributed by atoms with Crippen LogP contribution in [0.2, 0.25) is 5.28 Å². The molecule has 1 aliphatic heterocycles. The van der Waals surface area contributed by atoms with E-state index in [2.05, 4.69) is 20.0 Å². The van der Waals surface area contributed by atoms with Crippen LogP contribution in [-0.2, 0) is 16.0 Å². The van der Waals surface area contributed by atoms with Crippen molar-refractivity contribution >= 4 is 29.4 Å². The number of likely N-dealkylation sites (tertiary alicyclic amines) is 1. The Morgan fingerprint density at radius 3 is 2.62 bits per heavy atom. The van der Waals surface area contributed by atoms with Gasteiger partial charge in [-0.2, -0.15) is 0 Å². The number of methoxy groups -OCH3 is 1. The number of hydrogen-bond acceptors (Lipinski definition) is 6. The highest BCUT2D eigenvalue weighted by atomic mass is 35.5. The van der Waals surface area contributed by atoms with Gasteiger partial charge in [-0.25, -0.2) is 14.8 Å². The van der Waals surface area contributed by atoms with E-state index in [0.717, 1.165) is 36.9 Å². The second-order valence-electron chi connectivity index (χ2n) is 6.61. The first-order chi connectivity index (χ1) is 12.3. The molecule has 3 N–H and O–H groups in total. The molecule has 2 heterocycles. The number of nitrogen functional groups attached to an aromatic ring is 1. The van der Waals surface area contributed by atoms with E-state index in [9.17, 15) is 9.59 Å². The summed E-state index contributed by atoms with van der Waals surface area (Å²) in [4.78, 5) is 33.6. The number of anilines is 1. The Morgan fingerprint density at radius 1 is 1.38 bits per heavy atom. The number of halogens is 1. The smallest absolute Gasteiger partial charge is 0.407 e. The lowest BCUT2D eigenvalue weighted by Gasteiger charge is -2.33. The summed E-state index contributed by atoms with van der Waals surface area (Å²) in [5.74, 6) is 0.871. The Hall–Kier alpha value is -2.09. The molecule has 1 saturated heterocycles. The van der Waals surface area contributed by atoms with Crippen LogP contribution in [0.4, 0.5) is 10.6 Å². The van der Waals surface area contributed by atoms with Gasteiger partial charge in [0.05, 0.1) is 7.11 Å². The fourth-order valence-electron chi connectivity index (χ4n) is 3.25. The van der Waals surface area contributed by atoms with Gasteiger partial charge in [-0.3, -0.25) is 4.79 Å². The van der Waals surface area contributed by atoms with Crippen LogP contribution < -0.4 is 11.1 Å². The maximum atomic E-state index is 12.4. The molecule has 1 fully saturated rings. The Labute approximate surface area is 158 Å². The molecule has 2 rings (SSSR count). The molecule has 0 aliphatic carbocycles. The van der Waals surface area contributed by atoms with Crippen molar-refractivity contribution in [1.82, 2.24) is 20.2 Å². The number of hydrogen-bond donors (Lipinski definition) is 2. The second-order valence-corrected chi connectivity index (χ2v) is 6.94. The van der Waals surface area contributed by atoms with Crippen molar-refractivity contribution in [3.8, 4) is 0 Å². The maximum Gasteiger partial charge on any atom is 0.407 e. The van der Waals surface area contributed by atoms with Crippen LogP contribution in [0.15, 0.2) is 0 Å². The van der Waals surface area contributed by atoms with Gasteiger partial charge in [0.1, 0.15) is 11.9 Å². The number of ether oxygens (including phenoxy) is 1. The van der Waals surface area contributed by atoms with Crippen LogP contribution in [0.5, 0.6) is 0 Å². The summed E-state index contributed by atoms with van der Waals surface area (Å²) in [6, 6.07) is -0.590. The van der Waals surface area contributed by atoms with Crippen molar-refractivity contribution in [3.05, 3.63) is 16.5 Å². The molecule has 144 valence electrons. The predicted octanol–water partition coefficient (Wildman–Crippen LogP) is 1.94. The molecular formula is C17H26ClN5O3. The Bertz CT molecular complexity index is 639. The average molecular weight is 384 g/mol. The number of nitrogens with one attached hydrogen (secondary N) is 1. The summed E-state index contributed by atoms with van der Waals surface area (Å²) in [5, 5.41) is 2.68. The number of piperidine rings is 1. The minimum atomic E-state index is -0.598. The second kappa shape index (κ2) is 9.02. The molecule has 1 atom stereocenters. The number of carbonyl (C=O) groups excluding carboxylic acids is 2. The monoisotopic (exact) mass is 383 g/mol. The molecular weight excluding hydrogens is 358 g/mol. The van der Waals surface area contributed by atoms with E-state index in [4.69, 9.17) is 17.3 Å². The third-order valence-electron chi connectivity index (χ3n) is 4.84. The number of nitrogens with two attached hydrogens (primary N) is 1. The largest absolute Gasteiger partial charge is 0.453 e. The molecule has 0 unspecified atom stereocenters. The number of aromatic nitrogens is 2. The topological polar surface area (TPSA) is 110 Å². The van der Waals surface area contributed by atoms with Gasteiger partial charge in [-0.05, 0) is 57.0 Å². The molecule has 1 aromatic heterocycles. The summed E-state index contributed by atoms with van der Waals surface area (Å²) in [6.07, 6.45) is 3.01. The summed E-state index contributed by atoms with van der Waals surface area (Å²) < 4.78 is 4.53. The zero-order valence-electron chi connectivity index (χ0n) is 15.4. The van der Waals surface area contributed by atoms with Crippen LogP contribution in [0.1, 0.15) is 37.4 Å². The van der Waals surface area contributed by atoms with Crippen LogP contribution in [0.25, 0.3) is 0 Å². The van der Waals surface area contributed by atoms with Crippen LogP contribution in [0, 0.1) is 12.8 Å². The number of rotatable bonds is 5. The van der Waals surface area contributed by atoms with Gasteiger partial charge < -0.3 is 20.7 Å². The molecule has 0 bridgehead atoms. The van der Waals surface area contributed by atoms with Crippen molar-refractivity contribution in [1.29, 1.82) is 0 Å². The minimum Gasteiger partial charge on any atom is -0.453 e. The predicted molar refractivity (Wildman–Crippen MR) is 98.8 cm³/mol. The summed E-state index contributed by atoms with van der Waals surface area (Å²) in [6.45, 7) is 4.91. The molecule has 1 aromatic rings. The van der Waals surface area contributed by atoms with E-state index < -0.39 is 12.1 Å². The van der Waals surface area contributed by atoms with Crippen molar-refractivity contribution in [3.63, 3.8) is 0 Å². The molecule has 0 aromatic carbocycles. The van der Waals surface area contributed by atoms with Crippen molar-refractivity contribution in [2.24, 2.45) is 5.92 Å². The van der Waals surface area contributed by atoms with Crippen LogP contribution >= 0.6 is 11.6 Å². The first-order valence-corrected chi connectivity index (χ1v) is 9.11. The quantitative estimate of drug-likeness (QED) is 0.751. The summed E-state index contributed by atoms with van der Waals surface area (Å²) >= 11 is 5.81. The molecule has 0 saturated carbocycles. The number of alkyl carbamates (subject to hydrolysis) is 1. The zero-order chi connectivity index (χ0) is 19.3. The van der Waals surface area contributed by atoms with Crippen molar-refractivity contribution < 1.29 is 14.3 Å². The molecule has 1 aliphatic rings. The average Bonchev–Trinajstić information content (AvgIpc) is 2.60. The molecule has 26 heavy (non-hydrogen) atoms. The van der Waals surface area contributed by atoms with Gasteiger partial charge in [-0.15, -0.1) is 0 Å². The first-order valence-electron chi connectivity index (χ1n) is 8.73. The van der Waals surface area contributed by atoms with E-state index in [1.54, 1.807) is 11.8 Å². The lowest BCUT2D eigenvalue weighted by Crippen LogP contribution is -2.49. The fourth-order valence-corrected chi connectivity index (χ4v) is 3.47. The van der Waals surface area contributed by atoms with Crippen LogP contribution in [-0.4, -0.2) is 53.1 Å². The molecule has 0 radical (unpaired) electrons. The normalized spacial score (nSPS) is 16.2. The van der Waals surface area contributed by atoms with Crippen molar-refractivity contribution in [2.75, 3.05) is 25.9 Å². The number of aryl methyl sites for hydroxylation is 1. The van der Waals surface area contributed by atoms with E-state index in [-0.39, 0.29) is 11.2 Å². The van der Waals surface area contributed by atoms with E-state index in [1.807, 2.05) is 6.92 Å². The number of carbonyl (C=O) groups is 2. The van der Waals surface area contributed by atoms with E-state index in [1.165, 1.54) is 7.11 Å². The number of nitrogens with zero attached hydrogens (tertiary/aromatic N) is 3. The first kappa shape index (κ1) is 20.2. The zero-order valence-corrected chi connectivity index (χ0v) is 16.2. The van der Waals surface area contributed by atoms with Gasteiger partial charge >= 0.3 is 6.09 Å². The molecule has 2 amide bonds. The fraction of sp³-hybridized carbons (Fsp3) is 0.647. The SMILES string of the molecule is COC(=O)N[C@@H](C)C(=O)N1CCC(CCc2c(C)nc(Cl)nc2N)CC1. The maximum absolute atomic E-state index is 12.4. The highest BCUT2D eigenvalue weighted by molar-refractivity contribution is 6.28. The van der Waals surface area contributed by atoms with Gasteiger partial charge in [-0.1, -0.05) is 0 Å². The van der Waals surface area contributed by atoms with Crippen molar-refractivity contribution in [2.45, 2.75) is 45.6 Å². The minimum absolute atomic E-state index is 0.0833. The Kier molecular flexibility index (Phi) is 7.02. The third-order valence-corrected chi connectivity index (χ3v) is 5.01. The summed E-state index contributed by atoms with van der Waals surface area (Å²) in [5.41, 5.74) is 7.72. The Balaban J connectivity index is 1.82. The summed E-state index contributed by atoms with van der Waals surface area (Å²) in [7, 11) is 1.28. The highest BCUT2D eigenvalue weighted by Gasteiger charge is 2.27. The molecule has 0 spiro atoms. The third kappa shape index (κ3) is 5.20. The van der Waals surface area contributed by atoms with E-state index >= 15 is 0 Å². The van der Waals surface area contributed by atoms with Gasteiger partial charge in [0.15, 0.2) is 0 Å². The van der Waals surface area contributed by atoms with Gasteiger partial charge in [0, 0.05) is 24.3 Å². The Morgan fingerprint density at radius 2 is 2.04 bits per heavy atom. The number of amides is 2. The lowest BCUT2D eigenvalue weighted by molar-refractivity contribution is -0.134. The van der Waals surface area contributed by atoms with Gasteiger partial charge in [0.25, 0.3) is 0 Å². The lowest BCUT2D eigenvalue weighted by atomic mass is 9.90. The van der Waals surface area contributed by atoms with Crippen LogP contribution in [0.3, 0.4) is 0 Å². The standard InChI is InChI=1S/C17H26ClN5O3/c1-10-13(14(19)22-16(18)20-10)5-4-12-6-8-23(9-7-12)15(24)11(2)21-17(25)26-3/h11-12H,4-9H2,1-3H3,(H,21,25)(H2,19,20,22)/t11-/m0/s1. The van der Waals surface area contributed by atoms with Gasteiger partial charge in [0.2, 0.25) is 11.2 Å². The highest BCUT2D eigenvalue weighted by Crippen LogP contribution is 2.25.